The summed E-state index contributed by atoms with van der Waals surface area (Å²) in [5, 5.41) is 8.77. The molecule has 5 heteroatoms. The zero-order chi connectivity index (χ0) is 14.2. The Bertz CT molecular complexity index is 446. The Balaban J connectivity index is 2.03. The summed E-state index contributed by atoms with van der Waals surface area (Å²) in [6.45, 7) is 5.36. The molecule has 19 heavy (non-hydrogen) atoms. The van der Waals surface area contributed by atoms with Gasteiger partial charge in [0.25, 0.3) is 0 Å². The highest BCUT2D eigenvalue weighted by Crippen LogP contribution is 2.47. The van der Waals surface area contributed by atoms with Crippen LogP contribution in [0.25, 0.3) is 0 Å². The summed E-state index contributed by atoms with van der Waals surface area (Å²) >= 11 is 0. The highest BCUT2D eigenvalue weighted by Gasteiger charge is 2.39. The molecule has 0 unspecified atom stereocenters. The van der Waals surface area contributed by atoms with E-state index in [4.69, 9.17) is 10.8 Å². The summed E-state index contributed by atoms with van der Waals surface area (Å²) < 4.78 is 14.0. The molecule has 0 atom stereocenters. The first-order chi connectivity index (χ1) is 8.82. The highest BCUT2D eigenvalue weighted by molar-refractivity contribution is 5.69. The second-order valence-corrected chi connectivity index (χ2v) is 5.93. The van der Waals surface area contributed by atoms with Gasteiger partial charge in [-0.05, 0) is 43.5 Å². The van der Waals surface area contributed by atoms with Gasteiger partial charge in [-0.2, -0.15) is 0 Å². The summed E-state index contributed by atoms with van der Waals surface area (Å²) in [7, 11) is 0. The summed E-state index contributed by atoms with van der Waals surface area (Å²) in [4.78, 5) is 12.6. The van der Waals surface area contributed by atoms with Gasteiger partial charge in [0.1, 0.15) is 5.83 Å². The monoisotopic (exact) mass is 268 g/mol. The van der Waals surface area contributed by atoms with E-state index in [-0.39, 0.29) is 18.3 Å². The maximum absolute atomic E-state index is 14.0. The smallest absolute Gasteiger partial charge is 0.317 e. The number of halogens is 1. The minimum Gasteiger partial charge on any atom is -0.480 e. The summed E-state index contributed by atoms with van der Waals surface area (Å²) in [6.07, 6.45) is 3.01. The van der Waals surface area contributed by atoms with Crippen LogP contribution in [-0.4, -0.2) is 35.6 Å². The molecule has 0 radical (unpaired) electrons. The zero-order valence-electron chi connectivity index (χ0n) is 11.4. The van der Waals surface area contributed by atoms with E-state index in [0.29, 0.717) is 18.8 Å². The summed E-state index contributed by atoms with van der Waals surface area (Å²) in [5.41, 5.74) is 6.84. The van der Waals surface area contributed by atoms with Gasteiger partial charge in [-0.25, -0.2) is 4.39 Å². The van der Waals surface area contributed by atoms with Crippen LogP contribution < -0.4 is 5.73 Å². The summed E-state index contributed by atoms with van der Waals surface area (Å²) in [6, 6.07) is 0. The third kappa shape index (κ3) is 2.66. The fourth-order valence-electron chi connectivity index (χ4n) is 3.13. The number of likely N-dealkylation sites (tertiary alicyclic amines) is 1. The number of carboxylic acids is 1. The van der Waals surface area contributed by atoms with Crippen LogP contribution in [0.3, 0.4) is 0 Å². The average molecular weight is 268 g/mol. The van der Waals surface area contributed by atoms with Gasteiger partial charge in [0, 0.05) is 11.1 Å². The quantitative estimate of drug-likeness (QED) is 0.820. The fraction of sp³-hybridized carbons (Fsp3) is 0.643. The lowest BCUT2D eigenvalue weighted by Crippen LogP contribution is -2.39. The van der Waals surface area contributed by atoms with Gasteiger partial charge in [0.05, 0.1) is 6.54 Å². The van der Waals surface area contributed by atoms with Crippen molar-refractivity contribution in [3.05, 3.63) is 23.2 Å². The number of carbonyl (C=O) groups is 1. The molecule has 1 heterocycles. The number of allylic oxidation sites excluding steroid dienone is 3. The molecular formula is C14H21FN2O2. The molecule has 0 aromatic carbocycles. The van der Waals surface area contributed by atoms with Crippen LogP contribution in [0.15, 0.2) is 23.2 Å². The Morgan fingerprint density at radius 3 is 2.53 bits per heavy atom. The Labute approximate surface area is 112 Å². The van der Waals surface area contributed by atoms with E-state index in [1.807, 2.05) is 18.7 Å². The minimum absolute atomic E-state index is 0.0675. The van der Waals surface area contributed by atoms with E-state index in [2.05, 4.69) is 0 Å². The molecule has 2 rings (SSSR count). The van der Waals surface area contributed by atoms with Crippen molar-refractivity contribution >= 4 is 5.97 Å². The number of hydrogen-bond acceptors (Lipinski definition) is 3. The van der Waals surface area contributed by atoms with Crippen molar-refractivity contribution in [3.63, 3.8) is 0 Å². The predicted molar refractivity (Wildman–Crippen MR) is 71.0 cm³/mol. The lowest BCUT2D eigenvalue weighted by Gasteiger charge is -2.36. The Morgan fingerprint density at radius 2 is 2.11 bits per heavy atom. The number of carboxylic acid groups (broad SMARTS) is 1. The zero-order valence-corrected chi connectivity index (χ0v) is 11.4. The van der Waals surface area contributed by atoms with Gasteiger partial charge >= 0.3 is 5.97 Å². The van der Waals surface area contributed by atoms with Crippen LogP contribution in [0.2, 0.25) is 0 Å². The van der Waals surface area contributed by atoms with E-state index < -0.39 is 11.4 Å². The Hall–Kier alpha value is -1.36. The van der Waals surface area contributed by atoms with Crippen LogP contribution >= 0.6 is 0 Å². The second kappa shape index (κ2) is 4.96. The van der Waals surface area contributed by atoms with Gasteiger partial charge in [0.15, 0.2) is 0 Å². The molecule has 1 saturated heterocycles. The lowest BCUT2D eigenvalue weighted by atomic mass is 9.74. The Morgan fingerprint density at radius 1 is 1.53 bits per heavy atom. The van der Waals surface area contributed by atoms with Gasteiger partial charge in [-0.1, -0.05) is 13.8 Å². The van der Waals surface area contributed by atoms with E-state index in [1.54, 1.807) is 0 Å². The van der Waals surface area contributed by atoms with Crippen LogP contribution in [0.5, 0.6) is 0 Å². The first-order valence-electron chi connectivity index (χ1n) is 6.64. The van der Waals surface area contributed by atoms with E-state index in [1.165, 1.54) is 6.08 Å². The van der Waals surface area contributed by atoms with Crippen LogP contribution in [0, 0.1) is 11.3 Å². The molecule has 0 saturated carbocycles. The third-order valence-corrected chi connectivity index (χ3v) is 4.29. The van der Waals surface area contributed by atoms with Crippen molar-refractivity contribution in [1.29, 1.82) is 0 Å². The molecule has 0 aromatic rings. The number of nitrogens with two attached hydrogens (primary N) is 1. The average Bonchev–Trinajstić information content (AvgIpc) is 2.49. The molecule has 3 N–H and O–H groups in total. The van der Waals surface area contributed by atoms with Crippen LogP contribution in [0.4, 0.5) is 4.39 Å². The molecule has 0 aromatic heterocycles. The molecule has 1 aliphatic heterocycles. The van der Waals surface area contributed by atoms with Crippen molar-refractivity contribution in [2.75, 3.05) is 19.6 Å². The number of piperidine rings is 1. The van der Waals surface area contributed by atoms with E-state index in [9.17, 15) is 9.18 Å². The second-order valence-electron chi connectivity index (χ2n) is 5.93. The SMILES string of the molecule is CC1(C)C(N)=CC(F)=C1C1CCN(CC(=O)O)CC1. The number of nitrogens with zero attached hydrogens (tertiary/aromatic N) is 1. The summed E-state index contributed by atoms with van der Waals surface area (Å²) in [5.74, 6) is -0.840. The normalized spacial score (nSPS) is 24.7. The molecule has 4 nitrogen and oxygen atoms in total. The maximum atomic E-state index is 14.0. The first-order valence-corrected chi connectivity index (χ1v) is 6.64. The van der Waals surface area contributed by atoms with Gasteiger partial charge in [-0.15, -0.1) is 0 Å². The largest absolute Gasteiger partial charge is 0.480 e. The molecule has 1 fully saturated rings. The molecular weight excluding hydrogens is 247 g/mol. The number of aliphatic carboxylic acids is 1. The van der Waals surface area contributed by atoms with E-state index in [0.717, 1.165) is 18.4 Å². The number of rotatable bonds is 3. The fourth-order valence-corrected chi connectivity index (χ4v) is 3.13. The van der Waals surface area contributed by atoms with Gasteiger partial charge in [0.2, 0.25) is 0 Å². The van der Waals surface area contributed by atoms with E-state index >= 15 is 0 Å². The molecule has 1 aliphatic carbocycles. The maximum Gasteiger partial charge on any atom is 0.317 e. The Kier molecular flexibility index (Phi) is 3.67. The highest BCUT2D eigenvalue weighted by atomic mass is 19.1. The molecule has 0 spiro atoms. The number of hydrogen-bond donors (Lipinski definition) is 2. The molecule has 106 valence electrons. The minimum atomic E-state index is -0.809. The van der Waals surface area contributed by atoms with Crippen LogP contribution in [0.1, 0.15) is 26.7 Å². The molecule has 0 amide bonds. The lowest BCUT2D eigenvalue weighted by molar-refractivity contribution is -0.138. The third-order valence-electron chi connectivity index (χ3n) is 4.29. The molecule has 2 aliphatic rings. The predicted octanol–water partition coefficient (Wildman–Crippen LogP) is 1.89. The van der Waals surface area contributed by atoms with Crippen molar-refractivity contribution in [3.8, 4) is 0 Å². The van der Waals surface area contributed by atoms with Crippen molar-refractivity contribution in [2.45, 2.75) is 26.7 Å². The molecule has 0 bridgehead atoms. The van der Waals surface area contributed by atoms with Crippen molar-refractivity contribution in [1.82, 2.24) is 4.90 Å². The standard InChI is InChI=1S/C14H21FN2O2/c1-14(2)11(16)7-10(15)13(14)9-3-5-17(6-4-9)8-12(18)19/h7,9H,3-6,8,16H2,1-2H3,(H,18,19). The topological polar surface area (TPSA) is 66.6 Å². The van der Waals surface area contributed by atoms with Crippen LogP contribution in [-0.2, 0) is 4.79 Å². The van der Waals surface area contributed by atoms with Gasteiger partial charge in [-0.3, -0.25) is 9.69 Å². The van der Waals surface area contributed by atoms with Gasteiger partial charge < -0.3 is 10.8 Å². The first kappa shape index (κ1) is 14.1. The van der Waals surface area contributed by atoms with Crippen molar-refractivity contribution in [2.24, 2.45) is 17.1 Å². The van der Waals surface area contributed by atoms with Crippen molar-refractivity contribution < 1.29 is 14.3 Å².